The molecule has 144 valence electrons. The number of rotatable bonds is 5. The average molecular weight is 386 g/mol. The Balaban J connectivity index is 1.69. The van der Waals surface area contributed by atoms with Crippen molar-refractivity contribution >= 4 is 5.91 Å². The minimum Gasteiger partial charge on any atom is -0.347 e. The third kappa shape index (κ3) is 4.21. The highest BCUT2D eigenvalue weighted by Gasteiger charge is 2.17. The molecule has 6 heteroatoms. The molecule has 4 aromatic rings. The molecule has 0 bridgehead atoms. The minimum absolute atomic E-state index is 0.254. The largest absolute Gasteiger partial charge is 0.347 e. The van der Waals surface area contributed by atoms with Gasteiger partial charge in [-0.1, -0.05) is 23.8 Å². The van der Waals surface area contributed by atoms with Gasteiger partial charge in [0.2, 0.25) is 0 Å². The summed E-state index contributed by atoms with van der Waals surface area (Å²) in [4.78, 5) is 17.0. The van der Waals surface area contributed by atoms with Gasteiger partial charge in [-0.3, -0.25) is 9.78 Å². The fourth-order valence-corrected chi connectivity index (χ4v) is 2.96. The molecule has 0 fully saturated rings. The summed E-state index contributed by atoms with van der Waals surface area (Å²) >= 11 is 0. The molecule has 5 nitrogen and oxygen atoms in total. The van der Waals surface area contributed by atoms with Gasteiger partial charge in [0.15, 0.2) is 0 Å². The van der Waals surface area contributed by atoms with Crippen LogP contribution < -0.4 is 5.32 Å². The third-order valence-electron chi connectivity index (χ3n) is 4.54. The van der Waals surface area contributed by atoms with Crippen LogP contribution in [0.1, 0.15) is 21.6 Å². The van der Waals surface area contributed by atoms with Gasteiger partial charge < -0.3 is 5.32 Å². The van der Waals surface area contributed by atoms with Gasteiger partial charge >= 0.3 is 0 Å². The maximum atomic E-state index is 13.3. The lowest BCUT2D eigenvalue weighted by molar-refractivity contribution is 0.0943. The highest BCUT2D eigenvalue weighted by molar-refractivity contribution is 5.94. The number of aryl methyl sites for hydroxylation is 1. The standard InChI is InChI=1S/C23H19FN4O/c1-16-4-10-20(11-5-16)28-22(23(29)26-15-17-3-2-12-25-14-17)13-21(27-28)18-6-8-19(24)9-7-18/h2-14H,15H2,1H3,(H,26,29). The van der Waals surface area contributed by atoms with Crippen LogP contribution in [0.25, 0.3) is 16.9 Å². The average Bonchev–Trinajstić information content (AvgIpc) is 3.19. The Labute approximate surface area is 167 Å². The number of aromatic nitrogens is 3. The molecular formula is C23H19FN4O. The van der Waals surface area contributed by atoms with E-state index in [0.29, 0.717) is 17.9 Å². The van der Waals surface area contributed by atoms with Crippen molar-refractivity contribution < 1.29 is 9.18 Å². The van der Waals surface area contributed by atoms with Gasteiger partial charge in [0, 0.05) is 24.5 Å². The molecule has 4 rings (SSSR count). The molecule has 0 aliphatic rings. The Morgan fingerprint density at radius 3 is 2.52 bits per heavy atom. The molecule has 0 saturated carbocycles. The van der Waals surface area contributed by atoms with Crippen molar-refractivity contribution in [3.05, 3.63) is 102 Å². The zero-order valence-electron chi connectivity index (χ0n) is 15.8. The van der Waals surface area contributed by atoms with Crippen LogP contribution in [0.3, 0.4) is 0 Å². The summed E-state index contributed by atoms with van der Waals surface area (Å²) in [5.74, 6) is -0.573. The van der Waals surface area contributed by atoms with Crippen LogP contribution >= 0.6 is 0 Å². The smallest absolute Gasteiger partial charge is 0.270 e. The SMILES string of the molecule is Cc1ccc(-n2nc(-c3ccc(F)cc3)cc2C(=O)NCc2cccnc2)cc1. The molecule has 2 heterocycles. The molecule has 1 amide bonds. The van der Waals surface area contributed by atoms with Crippen molar-refractivity contribution in [1.29, 1.82) is 0 Å². The Kier molecular flexibility index (Phi) is 5.16. The zero-order chi connectivity index (χ0) is 20.2. The molecule has 0 spiro atoms. The summed E-state index contributed by atoms with van der Waals surface area (Å²) in [7, 11) is 0. The molecule has 1 N–H and O–H groups in total. The third-order valence-corrected chi connectivity index (χ3v) is 4.54. The molecule has 0 saturated heterocycles. The molecule has 0 aliphatic heterocycles. The molecule has 0 unspecified atom stereocenters. The molecule has 29 heavy (non-hydrogen) atoms. The second-order valence-corrected chi connectivity index (χ2v) is 6.71. The van der Waals surface area contributed by atoms with Gasteiger partial charge in [0.1, 0.15) is 11.5 Å². The maximum absolute atomic E-state index is 13.3. The lowest BCUT2D eigenvalue weighted by Gasteiger charge is -2.08. The maximum Gasteiger partial charge on any atom is 0.270 e. The number of benzene rings is 2. The fraction of sp³-hybridized carbons (Fsp3) is 0.0870. The van der Waals surface area contributed by atoms with Crippen molar-refractivity contribution in [2.45, 2.75) is 13.5 Å². The molecule has 0 aliphatic carbocycles. The summed E-state index contributed by atoms with van der Waals surface area (Å²) in [6, 6.07) is 19.2. The van der Waals surface area contributed by atoms with Gasteiger partial charge in [0.25, 0.3) is 5.91 Å². The lowest BCUT2D eigenvalue weighted by atomic mass is 10.1. The van der Waals surface area contributed by atoms with Crippen molar-refractivity contribution in [2.75, 3.05) is 0 Å². The van der Waals surface area contributed by atoms with Crippen molar-refractivity contribution in [1.82, 2.24) is 20.1 Å². The van der Waals surface area contributed by atoms with Crippen LogP contribution in [-0.4, -0.2) is 20.7 Å². The van der Waals surface area contributed by atoms with E-state index in [2.05, 4.69) is 15.4 Å². The monoisotopic (exact) mass is 386 g/mol. The number of halogens is 1. The van der Waals surface area contributed by atoms with E-state index in [1.165, 1.54) is 12.1 Å². The first-order valence-electron chi connectivity index (χ1n) is 9.20. The Hall–Kier alpha value is -3.80. The second kappa shape index (κ2) is 8.06. The fourth-order valence-electron chi connectivity index (χ4n) is 2.96. The summed E-state index contributed by atoms with van der Waals surface area (Å²) in [5.41, 5.74) is 4.52. The van der Waals surface area contributed by atoms with Gasteiger partial charge in [-0.2, -0.15) is 5.10 Å². The Bertz CT molecular complexity index is 1120. The van der Waals surface area contributed by atoms with E-state index in [1.807, 2.05) is 43.3 Å². The van der Waals surface area contributed by atoms with Crippen LogP contribution in [0.2, 0.25) is 0 Å². The highest BCUT2D eigenvalue weighted by Crippen LogP contribution is 2.22. The van der Waals surface area contributed by atoms with E-state index < -0.39 is 0 Å². The van der Waals surface area contributed by atoms with Gasteiger partial charge in [-0.25, -0.2) is 9.07 Å². The number of nitrogens with zero attached hydrogens (tertiary/aromatic N) is 3. The molecule has 2 aromatic carbocycles. The highest BCUT2D eigenvalue weighted by atomic mass is 19.1. The number of hydrogen-bond donors (Lipinski definition) is 1. The lowest BCUT2D eigenvalue weighted by Crippen LogP contribution is -2.25. The van der Waals surface area contributed by atoms with E-state index in [4.69, 9.17) is 0 Å². The van der Waals surface area contributed by atoms with E-state index in [0.717, 1.165) is 22.4 Å². The van der Waals surface area contributed by atoms with Gasteiger partial charge in [-0.15, -0.1) is 0 Å². The predicted molar refractivity (Wildman–Crippen MR) is 109 cm³/mol. The van der Waals surface area contributed by atoms with Crippen LogP contribution in [0.5, 0.6) is 0 Å². The number of carbonyl (C=O) groups is 1. The number of hydrogen-bond acceptors (Lipinski definition) is 3. The summed E-state index contributed by atoms with van der Waals surface area (Å²) < 4.78 is 14.9. The molecule has 0 atom stereocenters. The number of carbonyl (C=O) groups excluding carboxylic acids is 1. The number of nitrogens with one attached hydrogen (secondary N) is 1. The van der Waals surface area contributed by atoms with Gasteiger partial charge in [-0.05, 0) is 61.0 Å². The Morgan fingerprint density at radius 1 is 1.07 bits per heavy atom. The normalized spacial score (nSPS) is 10.7. The molecule has 0 radical (unpaired) electrons. The summed E-state index contributed by atoms with van der Waals surface area (Å²) in [6.07, 6.45) is 3.40. The Morgan fingerprint density at radius 2 is 1.83 bits per heavy atom. The van der Waals surface area contributed by atoms with Gasteiger partial charge in [0.05, 0.1) is 11.4 Å². The van der Waals surface area contributed by atoms with Crippen LogP contribution in [0.4, 0.5) is 4.39 Å². The number of amides is 1. The van der Waals surface area contributed by atoms with E-state index >= 15 is 0 Å². The van der Waals surface area contributed by atoms with E-state index in [9.17, 15) is 9.18 Å². The second-order valence-electron chi connectivity index (χ2n) is 6.71. The summed E-state index contributed by atoms with van der Waals surface area (Å²) in [6.45, 7) is 2.36. The predicted octanol–water partition coefficient (Wildman–Crippen LogP) is 4.31. The summed E-state index contributed by atoms with van der Waals surface area (Å²) in [5, 5.41) is 7.52. The quantitative estimate of drug-likeness (QED) is 0.556. The molecular weight excluding hydrogens is 367 g/mol. The van der Waals surface area contributed by atoms with E-state index in [1.54, 1.807) is 35.3 Å². The molecule has 2 aromatic heterocycles. The van der Waals surface area contributed by atoms with Crippen LogP contribution in [0.15, 0.2) is 79.1 Å². The number of pyridine rings is 1. The van der Waals surface area contributed by atoms with Crippen LogP contribution in [-0.2, 0) is 6.54 Å². The van der Waals surface area contributed by atoms with Crippen molar-refractivity contribution in [2.24, 2.45) is 0 Å². The minimum atomic E-state index is -0.318. The van der Waals surface area contributed by atoms with Crippen molar-refractivity contribution in [3.8, 4) is 16.9 Å². The first-order chi connectivity index (χ1) is 14.1. The van der Waals surface area contributed by atoms with Crippen LogP contribution in [0, 0.1) is 12.7 Å². The first kappa shape index (κ1) is 18.6. The van der Waals surface area contributed by atoms with Crippen molar-refractivity contribution in [3.63, 3.8) is 0 Å². The topological polar surface area (TPSA) is 59.8 Å². The van der Waals surface area contributed by atoms with E-state index in [-0.39, 0.29) is 11.7 Å². The first-order valence-corrected chi connectivity index (χ1v) is 9.20. The zero-order valence-corrected chi connectivity index (χ0v) is 15.8.